The van der Waals surface area contributed by atoms with Gasteiger partial charge in [0.15, 0.2) is 19.8 Å². The van der Waals surface area contributed by atoms with E-state index in [1.54, 1.807) is 0 Å². The second-order valence-electron chi connectivity index (χ2n) is 4.98. The summed E-state index contributed by atoms with van der Waals surface area (Å²) < 4.78 is 143. The van der Waals surface area contributed by atoms with E-state index >= 15 is 0 Å². The topological polar surface area (TPSA) is 63.2 Å². The first-order valence-electron chi connectivity index (χ1n) is 7.05. The van der Waals surface area contributed by atoms with E-state index in [4.69, 9.17) is 4.52 Å². The van der Waals surface area contributed by atoms with Crippen LogP contribution in [0.15, 0.2) is 0 Å². The van der Waals surface area contributed by atoms with Gasteiger partial charge in [0.25, 0.3) is 7.57 Å². The van der Waals surface area contributed by atoms with E-state index in [2.05, 4.69) is 24.4 Å². The smallest absolute Gasteiger partial charge is 0.321 e. The van der Waals surface area contributed by atoms with Gasteiger partial charge in [-0.3, -0.25) is 13.6 Å². The molecule has 0 saturated heterocycles. The molecule has 1 atom stereocenters. The molecule has 0 aliphatic rings. The van der Waals surface area contributed by atoms with Crippen LogP contribution in [-0.2, 0) is 27.2 Å². The van der Waals surface area contributed by atoms with E-state index in [9.17, 15) is 44.1 Å². The Kier molecular flexibility index (Phi) is 10.5. The first-order valence-corrected chi connectivity index (χ1v) is 10.5. The van der Waals surface area contributed by atoms with Crippen molar-refractivity contribution >= 4 is 21.5 Å². The van der Waals surface area contributed by atoms with Crippen LogP contribution in [0.4, 0.5) is 39.5 Å². The van der Waals surface area contributed by atoms with E-state index in [-0.39, 0.29) is 0 Å². The molecule has 170 valence electrons. The minimum absolute atomic E-state index is 0.511. The largest absolute Gasteiger partial charge is 0.412 e. The third-order valence-electron chi connectivity index (χ3n) is 2.42. The maximum atomic E-state index is 12.2. The molecular formula is C11H17F9O6P2. The van der Waals surface area contributed by atoms with E-state index in [0.717, 1.165) is 7.11 Å². The van der Waals surface area contributed by atoms with Crippen LogP contribution in [0.1, 0.15) is 6.42 Å². The molecule has 0 bridgehead atoms. The molecule has 0 aromatic heterocycles. The molecule has 0 radical (unpaired) electrons. The van der Waals surface area contributed by atoms with Crippen molar-refractivity contribution in [1.82, 2.24) is 0 Å². The zero-order valence-corrected chi connectivity index (χ0v) is 16.0. The predicted molar refractivity (Wildman–Crippen MR) is 80.1 cm³/mol. The average molecular weight is 478 g/mol. The van der Waals surface area contributed by atoms with Gasteiger partial charge in [0.2, 0.25) is 0 Å². The van der Waals surface area contributed by atoms with Crippen molar-refractivity contribution in [2.75, 3.05) is 39.7 Å². The van der Waals surface area contributed by atoms with Crippen LogP contribution in [0.3, 0.4) is 0 Å². The first kappa shape index (κ1) is 27.7. The summed E-state index contributed by atoms with van der Waals surface area (Å²) in [5.74, 6) is 0. The van der Waals surface area contributed by atoms with Crippen LogP contribution >= 0.6 is 15.2 Å². The fourth-order valence-corrected chi connectivity index (χ4v) is 3.86. The van der Waals surface area contributed by atoms with Gasteiger partial charge in [-0.05, 0) is 12.7 Å². The number of hydrogen-bond acceptors (Lipinski definition) is 6. The fourth-order valence-electron chi connectivity index (χ4n) is 1.29. The lowest BCUT2D eigenvalue weighted by Crippen LogP contribution is -2.21. The Morgan fingerprint density at radius 2 is 1.14 bits per heavy atom. The van der Waals surface area contributed by atoms with Gasteiger partial charge in [-0.25, -0.2) is 0 Å². The van der Waals surface area contributed by atoms with E-state index in [1.165, 1.54) is 0 Å². The number of alkyl halides is 9. The van der Waals surface area contributed by atoms with Gasteiger partial charge in [0.1, 0.15) is 0 Å². The second kappa shape index (κ2) is 10.6. The quantitative estimate of drug-likeness (QED) is 0.219. The minimum atomic E-state index is -4.98. The molecule has 0 aliphatic heterocycles. The molecule has 0 amide bonds. The highest BCUT2D eigenvalue weighted by molar-refractivity contribution is 7.59. The van der Waals surface area contributed by atoms with Crippen molar-refractivity contribution in [3.8, 4) is 0 Å². The normalized spacial score (nSPS) is 16.2. The molecule has 0 aromatic rings. The number of hydrogen-bond donors (Lipinski definition) is 0. The third-order valence-corrected chi connectivity index (χ3v) is 5.98. The summed E-state index contributed by atoms with van der Waals surface area (Å²) in [5.41, 5.74) is 0. The van der Waals surface area contributed by atoms with Crippen LogP contribution in [-0.4, -0.2) is 64.5 Å². The molecule has 6 nitrogen and oxygen atoms in total. The monoisotopic (exact) mass is 478 g/mol. The van der Waals surface area contributed by atoms with Gasteiger partial charge in [-0.1, -0.05) is 0 Å². The lowest BCUT2D eigenvalue weighted by atomic mass is 10.5. The van der Waals surface area contributed by atoms with Crippen molar-refractivity contribution in [1.29, 1.82) is 0 Å². The first-order chi connectivity index (χ1) is 12.4. The minimum Gasteiger partial charge on any atom is -0.321 e. The second-order valence-corrected chi connectivity index (χ2v) is 9.27. The van der Waals surface area contributed by atoms with Crippen LogP contribution in [0.5, 0.6) is 0 Å². The molecule has 0 aliphatic carbocycles. The third kappa shape index (κ3) is 14.7. The lowest BCUT2D eigenvalue weighted by molar-refractivity contribution is -0.165. The molecule has 0 aromatic carbocycles. The highest BCUT2D eigenvalue weighted by Crippen LogP contribution is 2.52. The summed E-state index contributed by atoms with van der Waals surface area (Å²) >= 11 is 0. The summed E-state index contributed by atoms with van der Waals surface area (Å²) in [6.07, 6.45) is -13.0. The van der Waals surface area contributed by atoms with Gasteiger partial charge in [-0.15, -0.1) is 0 Å². The Labute approximate surface area is 154 Å². The van der Waals surface area contributed by atoms with Crippen LogP contribution in [0, 0.1) is 0 Å². The Bertz CT molecular complexity index is 538. The summed E-state index contributed by atoms with van der Waals surface area (Å²) in [6.45, 7) is -6.62. The van der Waals surface area contributed by atoms with Gasteiger partial charge < -0.3 is 13.6 Å². The highest BCUT2D eigenvalue weighted by atomic mass is 31.2. The maximum absolute atomic E-state index is 12.2. The van der Waals surface area contributed by atoms with Crippen LogP contribution in [0.2, 0.25) is 0 Å². The molecule has 0 saturated carbocycles. The van der Waals surface area contributed by atoms with Crippen molar-refractivity contribution < 1.29 is 66.7 Å². The SMILES string of the molecule is C=P(OC)(OCCCP(=O)(OCC(F)(F)F)OCC(F)(F)F)OCC(F)(F)F. The molecule has 0 spiro atoms. The van der Waals surface area contributed by atoms with Crippen molar-refractivity contribution in [2.24, 2.45) is 0 Å². The highest BCUT2D eigenvalue weighted by Gasteiger charge is 2.38. The standard InChI is InChI=1S/C11H17F9O6P2/c1-22-27(2,24-6-9(12,13)14)23-4-3-5-28(21,25-7-10(15,16)17)26-8-11(18,19)20/h2-8H2,1H3. The van der Waals surface area contributed by atoms with E-state index in [1.807, 2.05) is 0 Å². The van der Waals surface area contributed by atoms with Gasteiger partial charge in [0.05, 0.1) is 12.8 Å². The van der Waals surface area contributed by atoms with Crippen molar-refractivity contribution in [3.63, 3.8) is 0 Å². The summed E-state index contributed by atoms with van der Waals surface area (Å²) in [6, 6.07) is 0. The Morgan fingerprint density at radius 3 is 1.50 bits per heavy atom. The Balaban J connectivity index is 4.75. The molecule has 17 heteroatoms. The summed E-state index contributed by atoms with van der Waals surface area (Å²) in [5, 5.41) is 0. The Morgan fingerprint density at radius 1 is 0.750 bits per heavy atom. The van der Waals surface area contributed by atoms with Gasteiger partial charge >= 0.3 is 26.1 Å². The van der Waals surface area contributed by atoms with Crippen molar-refractivity contribution in [3.05, 3.63) is 0 Å². The van der Waals surface area contributed by atoms with Crippen molar-refractivity contribution in [2.45, 2.75) is 24.9 Å². The Hall–Kier alpha value is -0.300. The number of halogens is 9. The van der Waals surface area contributed by atoms with E-state index < -0.39 is 72.7 Å². The molecule has 0 rings (SSSR count). The summed E-state index contributed by atoms with van der Waals surface area (Å²) in [7, 11) is -7.63. The fraction of sp³-hybridized carbons (Fsp3) is 0.909. The average Bonchev–Trinajstić information content (AvgIpc) is 2.52. The zero-order chi connectivity index (χ0) is 22.3. The predicted octanol–water partition coefficient (Wildman–Crippen LogP) is 5.16. The molecule has 0 N–H and O–H groups in total. The lowest BCUT2D eigenvalue weighted by Gasteiger charge is -2.24. The zero-order valence-electron chi connectivity index (χ0n) is 14.2. The maximum Gasteiger partial charge on any atom is 0.412 e. The number of rotatable bonds is 12. The summed E-state index contributed by atoms with van der Waals surface area (Å²) in [4.78, 5) is 0. The van der Waals surface area contributed by atoms with Crippen LogP contribution in [0.25, 0.3) is 0 Å². The molecule has 0 fully saturated rings. The van der Waals surface area contributed by atoms with E-state index in [0.29, 0.717) is 0 Å². The molecule has 1 unspecified atom stereocenters. The van der Waals surface area contributed by atoms with Gasteiger partial charge in [0, 0.05) is 7.11 Å². The van der Waals surface area contributed by atoms with Gasteiger partial charge in [-0.2, -0.15) is 39.5 Å². The van der Waals surface area contributed by atoms with Crippen LogP contribution < -0.4 is 0 Å². The molecule has 28 heavy (non-hydrogen) atoms. The molecule has 0 heterocycles. The molecular weight excluding hydrogens is 461 g/mol.